The van der Waals surface area contributed by atoms with Gasteiger partial charge in [0.1, 0.15) is 0 Å². The smallest absolute Gasteiger partial charge is 0.174 e. The van der Waals surface area contributed by atoms with E-state index >= 15 is 0 Å². The number of aromatic nitrogens is 2. The molecule has 1 aliphatic heterocycles. The number of benzene rings is 2. The highest BCUT2D eigenvalue weighted by Crippen LogP contribution is 2.44. The predicted molar refractivity (Wildman–Crippen MR) is 144 cm³/mol. The molecule has 0 bridgehead atoms. The number of pyridine rings is 1. The van der Waals surface area contributed by atoms with Crippen molar-refractivity contribution in [2.45, 2.75) is 39.8 Å². The van der Waals surface area contributed by atoms with Gasteiger partial charge in [0, 0.05) is 34.0 Å². The lowest BCUT2D eigenvalue weighted by Crippen LogP contribution is -2.29. The largest absolute Gasteiger partial charge is 0.351 e. The van der Waals surface area contributed by atoms with E-state index in [1.807, 2.05) is 30.5 Å². The molecule has 4 nitrogen and oxygen atoms in total. The molecule has 4 aromatic rings. The van der Waals surface area contributed by atoms with E-state index in [-0.39, 0.29) is 12.1 Å². The Bertz CT molecular complexity index is 1360. The predicted octanol–water partition coefficient (Wildman–Crippen LogP) is 6.94. The molecule has 172 valence electrons. The highest BCUT2D eigenvalue weighted by Gasteiger charge is 2.42. The first-order valence-corrected chi connectivity index (χ1v) is 12.2. The second-order valence-electron chi connectivity index (χ2n) is 8.92. The van der Waals surface area contributed by atoms with E-state index in [0.717, 1.165) is 33.5 Å². The average molecular weight is 487 g/mol. The van der Waals surface area contributed by atoms with Crippen LogP contribution in [0.3, 0.4) is 0 Å². The quantitative estimate of drug-likeness (QED) is 0.317. The zero-order valence-electron chi connectivity index (χ0n) is 19.7. The Labute approximate surface area is 211 Å². The van der Waals surface area contributed by atoms with Crippen molar-refractivity contribution in [3.8, 4) is 5.69 Å². The Morgan fingerprint density at radius 2 is 1.71 bits per heavy atom. The molecule has 3 heterocycles. The third-order valence-corrected chi connectivity index (χ3v) is 7.16. The summed E-state index contributed by atoms with van der Waals surface area (Å²) in [6, 6.07) is 22.7. The van der Waals surface area contributed by atoms with E-state index < -0.39 is 0 Å². The van der Waals surface area contributed by atoms with Crippen LogP contribution in [0.2, 0.25) is 5.02 Å². The summed E-state index contributed by atoms with van der Waals surface area (Å²) in [4.78, 5) is 6.91. The third kappa shape index (κ3) is 3.89. The van der Waals surface area contributed by atoms with Crippen molar-refractivity contribution >= 4 is 34.6 Å². The van der Waals surface area contributed by atoms with Gasteiger partial charge in [-0.3, -0.25) is 4.98 Å². The number of thiocarbonyl (C=S) groups is 1. The number of aryl methyl sites for hydroxylation is 3. The fourth-order valence-electron chi connectivity index (χ4n) is 4.94. The molecule has 1 saturated heterocycles. The SMILES string of the molecule is Cc1ccc(N2C(=S)N[C@@H](c3ccccn3)[C@H]2c2cc(C)n(-c3cc(Cl)ccc3C)c2C)cc1. The molecule has 0 unspecified atom stereocenters. The van der Waals surface area contributed by atoms with Crippen LogP contribution < -0.4 is 10.2 Å². The van der Waals surface area contributed by atoms with Crippen LogP contribution in [0.25, 0.3) is 5.69 Å². The second kappa shape index (κ2) is 8.90. The molecule has 0 amide bonds. The molecule has 1 fully saturated rings. The summed E-state index contributed by atoms with van der Waals surface area (Å²) in [7, 11) is 0. The molecule has 2 atom stereocenters. The van der Waals surface area contributed by atoms with Gasteiger partial charge in [0.2, 0.25) is 0 Å². The molecular formula is C28H27ClN4S. The molecule has 34 heavy (non-hydrogen) atoms. The van der Waals surface area contributed by atoms with Crippen LogP contribution in [0, 0.1) is 27.7 Å². The van der Waals surface area contributed by atoms with Crippen molar-refractivity contribution in [2.75, 3.05) is 4.90 Å². The maximum Gasteiger partial charge on any atom is 0.174 e. The maximum atomic E-state index is 6.39. The monoisotopic (exact) mass is 486 g/mol. The lowest BCUT2D eigenvalue weighted by atomic mass is 9.96. The van der Waals surface area contributed by atoms with E-state index in [9.17, 15) is 0 Å². The standard InChI is InChI=1S/C28H27ClN4S/c1-17-8-12-22(13-9-17)33-27(26(31-28(33)34)24-7-5-6-14-30-24)23-15-19(3)32(20(23)4)25-16-21(29)11-10-18(25)2/h5-16,26-27H,1-4H3,(H,31,34)/t26-,27+/m0/s1. The summed E-state index contributed by atoms with van der Waals surface area (Å²) in [5.41, 5.74) is 9.04. The normalized spacial score (nSPS) is 17.8. The number of rotatable bonds is 4. The van der Waals surface area contributed by atoms with E-state index in [4.69, 9.17) is 23.8 Å². The molecule has 1 N–H and O–H groups in total. The summed E-state index contributed by atoms with van der Waals surface area (Å²) >= 11 is 12.3. The van der Waals surface area contributed by atoms with Crippen LogP contribution in [-0.2, 0) is 0 Å². The molecule has 0 aliphatic carbocycles. The molecule has 2 aromatic carbocycles. The topological polar surface area (TPSA) is 33.1 Å². The van der Waals surface area contributed by atoms with E-state index in [0.29, 0.717) is 5.11 Å². The van der Waals surface area contributed by atoms with Crippen molar-refractivity contribution in [3.63, 3.8) is 0 Å². The van der Waals surface area contributed by atoms with E-state index in [1.165, 1.54) is 16.7 Å². The number of nitrogens with zero attached hydrogens (tertiary/aromatic N) is 3. The van der Waals surface area contributed by atoms with Gasteiger partial charge in [-0.15, -0.1) is 0 Å². The fourth-order valence-corrected chi connectivity index (χ4v) is 5.45. The van der Waals surface area contributed by atoms with E-state index in [2.05, 4.69) is 89.9 Å². The summed E-state index contributed by atoms with van der Waals surface area (Å²) in [6.07, 6.45) is 1.84. The van der Waals surface area contributed by atoms with Crippen LogP contribution in [0.15, 0.2) is 72.9 Å². The van der Waals surface area contributed by atoms with Gasteiger partial charge in [-0.2, -0.15) is 0 Å². The first-order valence-electron chi connectivity index (χ1n) is 11.4. The first-order chi connectivity index (χ1) is 16.3. The second-order valence-corrected chi connectivity index (χ2v) is 9.75. The molecule has 6 heteroatoms. The minimum absolute atomic E-state index is 0.0513. The molecule has 0 radical (unpaired) electrons. The van der Waals surface area contributed by atoms with Gasteiger partial charge in [0.25, 0.3) is 0 Å². The Morgan fingerprint density at radius 3 is 2.41 bits per heavy atom. The summed E-state index contributed by atoms with van der Waals surface area (Å²) < 4.78 is 2.29. The number of hydrogen-bond acceptors (Lipinski definition) is 2. The van der Waals surface area contributed by atoms with Crippen molar-refractivity contribution in [3.05, 3.63) is 112 Å². The third-order valence-electron chi connectivity index (χ3n) is 6.61. The number of hydrogen-bond donors (Lipinski definition) is 1. The number of nitrogens with one attached hydrogen (secondary N) is 1. The van der Waals surface area contributed by atoms with Crippen LogP contribution in [0.5, 0.6) is 0 Å². The Balaban J connectivity index is 1.70. The fraction of sp³-hybridized carbons (Fsp3) is 0.214. The van der Waals surface area contributed by atoms with Crippen molar-refractivity contribution in [1.82, 2.24) is 14.9 Å². The van der Waals surface area contributed by atoms with Crippen LogP contribution >= 0.6 is 23.8 Å². The van der Waals surface area contributed by atoms with Crippen LogP contribution in [-0.4, -0.2) is 14.7 Å². The van der Waals surface area contributed by atoms with Gasteiger partial charge < -0.3 is 14.8 Å². The van der Waals surface area contributed by atoms with Gasteiger partial charge in [-0.25, -0.2) is 0 Å². The molecule has 0 spiro atoms. The maximum absolute atomic E-state index is 6.39. The van der Waals surface area contributed by atoms with Gasteiger partial charge in [-0.05, 0) is 93.5 Å². The first kappa shape index (κ1) is 22.6. The summed E-state index contributed by atoms with van der Waals surface area (Å²) in [6.45, 7) is 8.53. The van der Waals surface area contributed by atoms with Crippen LogP contribution in [0.4, 0.5) is 5.69 Å². The Morgan fingerprint density at radius 1 is 0.941 bits per heavy atom. The van der Waals surface area contributed by atoms with Crippen molar-refractivity contribution in [1.29, 1.82) is 0 Å². The van der Waals surface area contributed by atoms with Gasteiger partial charge in [0.05, 0.1) is 17.8 Å². The summed E-state index contributed by atoms with van der Waals surface area (Å²) in [5.74, 6) is 0. The van der Waals surface area contributed by atoms with E-state index in [1.54, 1.807) is 0 Å². The minimum Gasteiger partial charge on any atom is -0.351 e. The van der Waals surface area contributed by atoms with Gasteiger partial charge in [-0.1, -0.05) is 41.4 Å². The lowest BCUT2D eigenvalue weighted by Gasteiger charge is -2.28. The molecule has 1 aliphatic rings. The molecule has 2 aromatic heterocycles. The van der Waals surface area contributed by atoms with Gasteiger partial charge >= 0.3 is 0 Å². The van der Waals surface area contributed by atoms with Crippen molar-refractivity contribution in [2.24, 2.45) is 0 Å². The Hall–Kier alpha value is -3.15. The molecule has 0 saturated carbocycles. The van der Waals surface area contributed by atoms with Crippen LogP contribution in [0.1, 0.15) is 45.9 Å². The van der Waals surface area contributed by atoms with Crippen molar-refractivity contribution < 1.29 is 0 Å². The average Bonchev–Trinajstić information content (AvgIpc) is 3.32. The zero-order valence-corrected chi connectivity index (χ0v) is 21.3. The van der Waals surface area contributed by atoms with Gasteiger partial charge in [0.15, 0.2) is 5.11 Å². The summed E-state index contributed by atoms with van der Waals surface area (Å²) in [5, 5.41) is 4.99. The number of anilines is 1. The lowest BCUT2D eigenvalue weighted by molar-refractivity contribution is 0.565. The highest BCUT2D eigenvalue weighted by molar-refractivity contribution is 7.80. The molecule has 5 rings (SSSR count). The molecular weight excluding hydrogens is 460 g/mol. The Kier molecular flexibility index (Phi) is 5.92. The zero-order chi connectivity index (χ0) is 24.0. The number of halogens is 1. The highest BCUT2D eigenvalue weighted by atomic mass is 35.5. The minimum atomic E-state index is -0.0792.